The van der Waals surface area contributed by atoms with Gasteiger partial charge in [0.1, 0.15) is 5.76 Å². The average Bonchev–Trinajstić information content (AvgIpc) is 3.18. The molecular weight excluding hydrogens is 264 g/mol. The van der Waals surface area contributed by atoms with Gasteiger partial charge in [-0.25, -0.2) is 4.68 Å². The Morgan fingerprint density at radius 3 is 2.71 bits per heavy atom. The molecule has 104 valence electrons. The van der Waals surface area contributed by atoms with Crippen molar-refractivity contribution in [2.45, 2.75) is 18.8 Å². The molecule has 0 N–H and O–H groups in total. The van der Waals surface area contributed by atoms with E-state index < -0.39 is 0 Å². The molecule has 4 nitrogen and oxygen atoms in total. The zero-order valence-electron chi connectivity index (χ0n) is 11.4. The molecule has 0 spiro atoms. The fourth-order valence-corrected chi connectivity index (χ4v) is 2.96. The van der Waals surface area contributed by atoms with Gasteiger partial charge in [-0.15, -0.1) is 0 Å². The van der Waals surface area contributed by atoms with Crippen LogP contribution in [0.25, 0.3) is 5.69 Å². The van der Waals surface area contributed by atoms with E-state index in [1.54, 1.807) is 12.5 Å². The second kappa shape index (κ2) is 4.74. The molecular formula is C17H14N2O2. The lowest BCUT2D eigenvalue weighted by Crippen LogP contribution is -2.19. The van der Waals surface area contributed by atoms with Crippen molar-refractivity contribution in [2.24, 2.45) is 0 Å². The Hall–Kier alpha value is -2.62. The summed E-state index contributed by atoms with van der Waals surface area (Å²) in [7, 11) is 0. The number of para-hydroxylation sites is 1. The highest BCUT2D eigenvalue weighted by Crippen LogP contribution is 2.33. The van der Waals surface area contributed by atoms with Crippen molar-refractivity contribution in [2.75, 3.05) is 0 Å². The molecule has 2 aromatic heterocycles. The molecule has 4 rings (SSSR count). The van der Waals surface area contributed by atoms with Gasteiger partial charge in [0.25, 0.3) is 0 Å². The summed E-state index contributed by atoms with van der Waals surface area (Å²) in [5.74, 6) is 1.11. The van der Waals surface area contributed by atoms with Crippen LogP contribution in [0.5, 0.6) is 0 Å². The minimum Gasteiger partial charge on any atom is -0.469 e. The van der Waals surface area contributed by atoms with E-state index in [0.717, 1.165) is 29.1 Å². The average molecular weight is 278 g/mol. The lowest BCUT2D eigenvalue weighted by molar-refractivity contribution is 0.0959. The maximum atomic E-state index is 12.3. The number of benzene rings is 1. The van der Waals surface area contributed by atoms with E-state index >= 15 is 0 Å². The summed E-state index contributed by atoms with van der Waals surface area (Å²) >= 11 is 0. The summed E-state index contributed by atoms with van der Waals surface area (Å²) in [4.78, 5) is 12.3. The van der Waals surface area contributed by atoms with Crippen LogP contribution in [0.1, 0.15) is 34.2 Å². The largest absolute Gasteiger partial charge is 0.469 e. The van der Waals surface area contributed by atoms with Gasteiger partial charge in [0.05, 0.1) is 29.4 Å². The van der Waals surface area contributed by atoms with Crippen LogP contribution in [0, 0.1) is 0 Å². The predicted molar refractivity (Wildman–Crippen MR) is 77.7 cm³/mol. The number of nitrogens with zero attached hydrogens (tertiary/aromatic N) is 2. The van der Waals surface area contributed by atoms with Crippen LogP contribution in [0.15, 0.2) is 59.3 Å². The van der Waals surface area contributed by atoms with E-state index in [9.17, 15) is 4.79 Å². The third-order valence-electron chi connectivity index (χ3n) is 3.99. The van der Waals surface area contributed by atoms with E-state index in [2.05, 4.69) is 5.10 Å². The van der Waals surface area contributed by atoms with Gasteiger partial charge in [-0.3, -0.25) is 4.79 Å². The number of ketones is 1. The number of carbonyl (C=O) groups is 1. The molecule has 1 aliphatic rings. The minimum atomic E-state index is 0.0964. The van der Waals surface area contributed by atoms with Crippen molar-refractivity contribution in [1.29, 1.82) is 0 Å². The number of furan rings is 1. The van der Waals surface area contributed by atoms with Gasteiger partial charge in [0.15, 0.2) is 5.78 Å². The summed E-state index contributed by atoms with van der Waals surface area (Å²) in [5, 5.41) is 4.40. The molecule has 1 atom stereocenters. The van der Waals surface area contributed by atoms with Crippen molar-refractivity contribution in [3.8, 4) is 5.69 Å². The summed E-state index contributed by atoms with van der Waals surface area (Å²) in [6, 6.07) is 13.7. The summed E-state index contributed by atoms with van der Waals surface area (Å²) in [5.41, 5.74) is 2.69. The Bertz CT molecular complexity index is 772. The second-order valence-corrected chi connectivity index (χ2v) is 5.30. The van der Waals surface area contributed by atoms with Crippen molar-refractivity contribution in [3.63, 3.8) is 0 Å². The van der Waals surface area contributed by atoms with Crippen LogP contribution < -0.4 is 0 Å². The molecule has 0 amide bonds. The standard InChI is InChI=1S/C17H14N2O2/c20-16-10-12(17-7-4-8-21-17)9-15-14(16)11-18-19(15)13-5-2-1-3-6-13/h1-8,11-12H,9-10H2/t12-/m1/s1. The van der Waals surface area contributed by atoms with E-state index in [1.165, 1.54) is 0 Å². The fraction of sp³-hybridized carbons (Fsp3) is 0.176. The van der Waals surface area contributed by atoms with Crippen LogP contribution in [0.3, 0.4) is 0 Å². The molecule has 0 fully saturated rings. The summed E-state index contributed by atoms with van der Waals surface area (Å²) in [6.45, 7) is 0. The smallest absolute Gasteiger partial charge is 0.167 e. The van der Waals surface area contributed by atoms with Gasteiger partial charge < -0.3 is 4.42 Å². The third kappa shape index (κ3) is 2.00. The van der Waals surface area contributed by atoms with Crippen molar-refractivity contribution < 1.29 is 9.21 Å². The van der Waals surface area contributed by atoms with Crippen LogP contribution in [0.2, 0.25) is 0 Å². The molecule has 0 aliphatic heterocycles. The molecule has 0 bridgehead atoms. The van der Waals surface area contributed by atoms with Crippen molar-refractivity contribution in [1.82, 2.24) is 9.78 Å². The molecule has 0 radical (unpaired) electrons. The topological polar surface area (TPSA) is 48.0 Å². The maximum absolute atomic E-state index is 12.3. The van der Waals surface area contributed by atoms with Gasteiger partial charge in [-0.05, 0) is 24.3 Å². The van der Waals surface area contributed by atoms with Crippen LogP contribution in [-0.2, 0) is 6.42 Å². The maximum Gasteiger partial charge on any atom is 0.167 e. The molecule has 4 heteroatoms. The highest BCUT2D eigenvalue weighted by molar-refractivity contribution is 5.98. The van der Waals surface area contributed by atoms with Crippen molar-refractivity contribution in [3.05, 3.63) is 71.9 Å². The second-order valence-electron chi connectivity index (χ2n) is 5.30. The Balaban J connectivity index is 1.78. The number of aromatic nitrogens is 2. The highest BCUT2D eigenvalue weighted by atomic mass is 16.3. The molecule has 0 saturated carbocycles. The molecule has 0 unspecified atom stereocenters. The molecule has 1 aliphatic carbocycles. The zero-order chi connectivity index (χ0) is 14.2. The first-order valence-electron chi connectivity index (χ1n) is 7.02. The number of hydrogen-bond acceptors (Lipinski definition) is 3. The van der Waals surface area contributed by atoms with E-state index in [4.69, 9.17) is 4.42 Å². The van der Waals surface area contributed by atoms with Crippen LogP contribution >= 0.6 is 0 Å². The van der Waals surface area contributed by atoms with Crippen molar-refractivity contribution >= 4 is 5.78 Å². The lowest BCUT2D eigenvalue weighted by atomic mass is 9.85. The Morgan fingerprint density at radius 1 is 1.10 bits per heavy atom. The predicted octanol–water partition coefficient (Wildman–Crippen LogP) is 3.38. The first-order valence-corrected chi connectivity index (χ1v) is 7.02. The quantitative estimate of drug-likeness (QED) is 0.722. The number of Topliss-reactive ketones (excluding diaryl/α,β-unsaturated/α-hetero) is 1. The normalized spacial score (nSPS) is 17.7. The molecule has 21 heavy (non-hydrogen) atoms. The number of carbonyl (C=O) groups excluding carboxylic acids is 1. The van der Waals surface area contributed by atoms with E-state index in [1.807, 2.05) is 47.1 Å². The molecule has 0 saturated heterocycles. The zero-order valence-corrected chi connectivity index (χ0v) is 11.4. The van der Waals surface area contributed by atoms with Gasteiger partial charge in [0, 0.05) is 18.8 Å². The monoisotopic (exact) mass is 278 g/mol. The van der Waals surface area contributed by atoms with E-state index in [0.29, 0.717) is 6.42 Å². The van der Waals surface area contributed by atoms with Gasteiger partial charge in [-0.2, -0.15) is 5.10 Å². The van der Waals surface area contributed by atoms with Gasteiger partial charge >= 0.3 is 0 Å². The number of rotatable bonds is 2. The Kier molecular flexibility index (Phi) is 2.74. The van der Waals surface area contributed by atoms with Gasteiger partial charge in [-0.1, -0.05) is 18.2 Å². The summed E-state index contributed by atoms with van der Waals surface area (Å²) in [6.07, 6.45) is 4.59. The highest BCUT2D eigenvalue weighted by Gasteiger charge is 2.31. The molecule has 3 aromatic rings. The lowest BCUT2D eigenvalue weighted by Gasteiger charge is -2.20. The van der Waals surface area contributed by atoms with Crippen LogP contribution in [0.4, 0.5) is 0 Å². The third-order valence-corrected chi connectivity index (χ3v) is 3.99. The Morgan fingerprint density at radius 2 is 1.95 bits per heavy atom. The minimum absolute atomic E-state index is 0.0964. The fourth-order valence-electron chi connectivity index (χ4n) is 2.96. The Labute approximate surface area is 122 Å². The summed E-state index contributed by atoms with van der Waals surface area (Å²) < 4.78 is 7.34. The first kappa shape index (κ1) is 12.1. The number of fused-ring (bicyclic) bond motifs is 1. The number of hydrogen-bond donors (Lipinski definition) is 0. The SMILES string of the molecule is O=C1C[C@H](c2ccco2)Cc2c1cnn2-c1ccccc1. The molecule has 1 aromatic carbocycles. The van der Waals surface area contributed by atoms with Crippen LogP contribution in [-0.4, -0.2) is 15.6 Å². The van der Waals surface area contributed by atoms with Gasteiger partial charge in [0.2, 0.25) is 0 Å². The van der Waals surface area contributed by atoms with E-state index in [-0.39, 0.29) is 11.7 Å². The first-order chi connectivity index (χ1) is 10.3. The molecule has 2 heterocycles.